The predicted molar refractivity (Wildman–Crippen MR) is 189 cm³/mol. The van der Waals surface area contributed by atoms with Gasteiger partial charge in [0, 0.05) is 50.6 Å². The van der Waals surface area contributed by atoms with Crippen LogP contribution in [0.5, 0.6) is 0 Å². The Labute approximate surface area is 278 Å². The summed E-state index contributed by atoms with van der Waals surface area (Å²) in [6.07, 6.45) is 2.17. The zero-order valence-corrected chi connectivity index (χ0v) is 27.4. The van der Waals surface area contributed by atoms with E-state index in [1.54, 1.807) is 29.6 Å². The zero-order valence-electron chi connectivity index (χ0n) is 25.0. The number of carbonyl (C=O) groups excluding carboxylic acids is 1. The third kappa shape index (κ3) is 8.30. The van der Waals surface area contributed by atoms with Crippen LogP contribution in [-0.2, 0) is 9.48 Å². The first kappa shape index (κ1) is 32.6. The van der Waals surface area contributed by atoms with E-state index in [4.69, 9.17) is 10.3 Å². The largest absolute Gasteiger partial charge is 0.445 e. The van der Waals surface area contributed by atoms with Crippen molar-refractivity contribution in [1.82, 2.24) is 4.90 Å². The second-order valence-electron chi connectivity index (χ2n) is 10.5. The van der Waals surface area contributed by atoms with Gasteiger partial charge in [-0.25, -0.2) is 4.79 Å². The van der Waals surface area contributed by atoms with Crippen LogP contribution < -0.4 is 0 Å². The minimum absolute atomic E-state index is 0.0164. The van der Waals surface area contributed by atoms with Crippen LogP contribution in [0.1, 0.15) is 23.1 Å². The summed E-state index contributed by atoms with van der Waals surface area (Å²) in [4.78, 5) is 20.4. The van der Waals surface area contributed by atoms with Crippen LogP contribution in [0, 0.1) is 0 Å². The van der Waals surface area contributed by atoms with Crippen LogP contribution in [0.25, 0.3) is 10.4 Å². The van der Waals surface area contributed by atoms with Crippen LogP contribution >= 0.6 is 35.3 Å². The van der Waals surface area contributed by atoms with Crippen LogP contribution in [0.2, 0.25) is 0 Å². The highest BCUT2D eigenvalue weighted by molar-refractivity contribution is 8.01. The lowest BCUT2D eigenvalue weighted by molar-refractivity contribution is 0.111. The van der Waals surface area contributed by atoms with Gasteiger partial charge in [0.15, 0.2) is 0 Å². The molecule has 4 aromatic carbocycles. The average molecular weight is 653 g/mol. The second-order valence-corrected chi connectivity index (χ2v) is 14.3. The summed E-state index contributed by atoms with van der Waals surface area (Å²) in [5.41, 5.74) is 12.1. The van der Waals surface area contributed by atoms with Crippen molar-refractivity contribution in [1.29, 1.82) is 0 Å². The van der Waals surface area contributed by atoms with Crippen LogP contribution in [0.4, 0.5) is 4.79 Å². The smallest absolute Gasteiger partial charge is 0.410 e. The van der Waals surface area contributed by atoms with Crippen molar-refractivity contribution < 1.29 is 9.53 Å². The Kier molecular flexibility index (Phi) is 12.0. The maximum absolute atomic E-state index is 13.3. The second kappa shape index (κ2) is 16.5. The molecule has 0 aliphatic carbocycles. The Bertz CT molecular complexity index is 1470. The lowest BCUT2D eigenvalue weighted by Gasteiger charge is -2.37. The minimum Gasteiger partial charge on any atom is -0.445 e. The molecule has 1 aliphatic rings. The predicted octanol–water partition coefficient (Wildman–Crippen LogP) is 9.67. The van der Waals surface area contributed by atoms with Crippen LogP contribution in [0.3, 0.4) is 0 Å². The van der Waals surface area contributed by atoms with Crippen LogP contribution in [-0.4, -0.2) is 53.5 Å². The summed E-state index contributed by atoms with van der Waals surface area (Å²) < 4.78 is 5.12. The molecule has 5 rings (SSSR count). The number of amides is 1. The van der Waals surface area contributed by atoms with Gasteiger partial charge in [-0.2, -0.15) is 0 Å². The highest BCUT2D eigenvalue weighted by Crippen LogP contribution is 2.52. The summed E-state index contributed by atoms with van der Waals surface area (Å²) in [5.74, 6) is 1.51. The Morgan fingerprint density at radius 1 is 0.889 bits per heavy atom. The number of carbonyl (C=O) groups is 1. The molecule has 230 valence electrons. The molecule has 9 heteroatoms. The maximum Gasteiger partial charge on any atom is 0.410 e. The van der Waals surface area contributed by atoms with Crippen molar-refractivity contribution in [3.8, 4) is 0 Å². The normalized spacial score (nSPS) is 16.1. The van der Waals surface area contributed by atoms with Crippen molar-refractivity contribution in [2.75, 3.05) is 31.2 Å². The third-order valence-electron chi connectivity index (χ3n) is 7.61. The number of benzene rings is 4. The fourth-order valence-corrected chi connectivity index (χ4v) is 9.24. The van der Waals surface area contributed by atoms with Crippen molar-refractivity contribution >= 4 is 41.4 Å². The number of likely N-dealkylation sites (tertiary alicyclic amines) is 1. The lowest BCUT2D eigenvalue weighted by Crippen LogP contribution is -2.38. The number of ether oxygens (including phenoxy) is 1. The molecule has 1 heterocycles. The average Bonchev–Trinajstić information content (AvgIpc) is 3.51. The molecule has 0 aromatic heterocycles. The van der Waals surface area contributed by atoms with Crippen molar-refractivity contribution in [3.63, 3.8) is 0 Å². The first-order valence-electron chi connectivity index (χ1n) is 14.9. The highest BCUT2D eigenvalue weighted by atomic mass is 32.2. The Balaban J connectivity index is 1.40. The fourth-order valence-electron chi connectivity index (χ4n) is 5.60. The van der Waals surface area contributed by atoms with E-state index in [9.17, 15) is 4.79 Å². The van der Waals surface area contributed by atoms with Gasteiger partial charge in [-0.1, -0.05) is 109 Å². The fraction of sp³-hybridized carbons (Fsp3) is 0.250. The molecule has 0 unspecified atom stereocenters. The molecule has 45 heavy (non-hydrogen) atoms. The molecule has 0 radical (unpaired) electrons. The minimum atomic E-state index is -0.459. The molecule has 1 fully saturated rings. The quantitative estimate of drug-likeness (QED) is 0.0258. The summed E-state index contributed by atoms with van der Waals surface area (Å²) in [5, 5.41) is 3.77. The molecule has 2 atom stereocenters. The molecule has 0 spiro atoms. The number of thioether (sulfide) groups is 3. The summed E-state index contributed by atoms with van der Waals surface area (Å²) in [6, 6.07) is 40.5. The molecule has 0 N–H and O–H groups in total. The van der Waals surface area contributed by atoms with Crippen LogP contribution in [0.15, 0.2) is 143 Å². The van der Waals surface area contributed by atoms with E-state index in [1.807, 2.05) is 16.7 Å². The summed E-state index contributed by atoms with van der Waals surface area (Å²) >= 11 is 5.36. The van der Waals surface area contributed by atoms with Gasteiger partial charge in [0.25, 0.3) is 0 Å². The Hall–Kier alpha value is -3.75. The van der Waals surface area contributed by atoms with Gasteiger partial charge in [-0.05, 0) is 52.9 Å². The topological polar surface area (TPSA) is 78.3 Å². The first-order valence-corrected chi connectivity index (χ1v) is 17.7. The molecule has 6 nitrogen and oxygen atoms in total. The summed E-state index contributed by atoms with van der Waals surface area (Å²) in [6.45, 7) is 4.98. The standard InChI is InChI=1S/C36H36N4O2S3/c1-2-23-42-35(41)40-26-34(25-31(40)27-44-33-20-18-32(19-21-33)43-24-22-38-39-37)45-36(28-12-6-3-7-13-28,29-14-8-4-9-15-29)30-16-10-5-11-17-30/h2-21,31,34H,1,22-27H2/t31-,34-/m0/s1. The molecule has 1 aliphatic heterocycles. The number of hydrogen-bond acceptors (Lipinski definition) is 6. The van der Waals surface area contributed by atoms with E-state index in [2.05, 4.69) is 132 Å². The van der Waals surface area contributed by atoms with E-state index in [-0.39, 0.29) is 24.0 Å². The van der Waals surface area contributed by atoms with E-state index in [0.29, 0.717) is 13.1 Å². The van der Waals surface area contributed by atoms with Crippen molar-refractivity contribution in [2.24, 2.45) is 5.11 Å². The van der Waals surface area contributed by atoms with E-state index in [0.717, 1.165) is 27.7 Å². The van der Waals surface area contributed by atoms with E-state index in [1.165, 1.54) is 16.7 Å². The number of hydrogen-bond donors (Lipinski definition) is 0. The maximum atomic E-state index is 13.3. The molecular weight excluding hydrogens is 617 g/mol. The van der Waals surface area contributed by atoms with Crippen molar-refractivity contribution in [2.45, 2.75) is 32.3 Å². The van der Waals surface area contributed by atoms with E-state index >= 15 is 0 Å². The highest BCUT2D eigenvalue weighted by Gasteiger charge is 2.44. The van der Waals surface area contributed by atoms with Gasteiger partial charge < -0.3 is 9.64 Å². The molecule has 4 aromatic rings. The number of azide groups is 1. The van der Waals surface area contributed by atoms with E-state index < -0.39 is 4.75 Å². The first-order chi connectivity index (χ1) is 22.1. The Morgan fingerprint density at radius 2 is 1.42 bits per heavy atom. The van der Waals surface area contributed by atoms with Crippen molar-refractivity contribution in [3.05, 3.63) is 155 Å². The lowest BCUT2D eigenvalue weighted by atomic mass is 9.84. The molecule has 1 saturated heterocycles. The summed E-state index contributed by atoms with van der Waals surface area (Å²) in [7, 11) is 0. The van der Waals surface area contributed by atoms with Gasteiger partial charge in [-0.3, -0.25) is 0 Å². The van der Waals surface area contributed by atoms with Gasteiger partial charge in [0.1, 0.15) is 6.61 Å². The monoisotopic (exact) mass is 652 g/mol. The molecular formula is C36H36N4O2S3. The van der Waals surface area contributed by atoms with Gasteiger partial charge >= 0.3 is 6.09 Å². The molecule has 1 amide bonds. The number of rotatable bonds is 14. The third-order valence-corrected chi connectivity index (χ3v) is 11.5. The SMILES string of the molecule is C=CCOC(=O)N1C[C@@H](SC(c2ccccc2)(c2ccccc2)c2ccccc2)C[C@H]1CSc1ccc(SCCN=[N+]=[N-])cc1. The molecule has 0 bridgehead atoms. The number of nitrogens with zero attached hydrogens (tertiary/aromatic N) is 4. The zero-order chi connectivity index (χ0) is 31.3. The van der Waals surface area contributed by atoms with Gasteiger partial charge in [0.05, 0.1) is 4.75 Å². The Morgan fingerprint density at radius 3 is 1.93 bits per heavy atom. The molecule has 0 saturated carbocycles. The van der Waals surface area contributed by atoms with Gasteiger partial charge in [0.2, 0.25) is 0 Å². The van der Waals surface area contributed by atoms with Gasteiger partial charge in [-0.15, -0.1) is 35.3 Å².